The van der Waals surface area contributed by atoms with E-state index in [0.29, 0.717) is 0 Å². The molecule has 4 heterocycles. The van der Waals surface area contributed by atoms with E-state index in [-0.39, 0.29) is 0 Å². The first-order chi connectivity index (χ1) is 26.0. The van der Waals surface area contributed by atoms with Crippen molar-refractivity contribution in [1.82, 2.24) is 10.6 Å². The molecular formula is C31H54N2O22. The first kappa shape index (κ1) is 45.8. The number of aliphatic hydroxyl groups excluding tert-OH is 12. The fourth-order valence-corrected chi connectivity index (χ4v) is 6.72. The number of hydrogen-bond acceptors (Lipinski definition) is 22. The lowest BCUT2D eigenvalue weighted by molar-refractivity contribution is -0.377. The van der Waals surface area contributed by atoms with Gasteiger partial charge in [0.25, 0.3) is 0 Å². The molecule has 0 aromatic rings. The second-order valence-corrected chi connectivity index (χ2v) is 13.7. The lowest BCUT2D eigenvalue weighted by Crippen LogP contribution is -2.70. The van der Waals surface area contributed by atoms with Crippen LogP contribution in [0.25, 0.3) is 0 Å². The molecule has 0 aromatic heterocycles. The zero-order valence-corrected chi connectivity index (χ0v) is 30.1. The third-order valence-corrected chi connectivity index (χ3v) is 9.62. The van der Waals surface area contributed by atoms with Crippen LogP contribution >= 0.6 is 0 Å². The van der Waals surface area contributed by atoms with E-state index in [1.54, 1.807) is 0 Å². The Morgan fingerprint density at radius 2 is 1.04 bits per heavy atom. The van der Waals surface area contributed by atoms with Crippen LogP contribution in [-0.4, -0.2) is 235 Å². The average molecular weight is 807 g/mol. The predicted octanol–water partition coefficient (Wildman–Crippen LogP) is -9.06. The number of carbonyl (C=O) groups is 2. The number of rotatable bonds is 15. The van der Waals surface area contributed by atoms with Crippen molar-refractivity contribution < 1.29 is 109 Å². The van der Waals surface area contributed by atoms with Crippen LogP contribution in [0.2, 0.25) is 0 Å². The summed E-state index contributed by atoms with van der Waals surface area (Å²) in [6, 6.07) is -2.70. The van der Waals surface area contributed by atoms with Gasteiger partial charge in [0.05, 0.1) is 45.2 Å². The molecule has 0 saturated carbocycles. The summed E-state index contributed by atoms with van der Waals surface area (Å²) in [7, 11) is 0. The molecule has 4 rings (SSSR count). The zero-order valence-electron chi connectivity index (χ0n) is 30.1. The maximum atomic E-state index is 12.5. The zero-order chi connectivity index (χ0) is 40.9. The van der Waals surface area contributed by atoms with Crippen molar-refractivity contribution in [2.24, 2.45) is 0 Å². The van der Waals surface area contributed by atoms with Crippen molar-refractivity contribution in [2.75, 3.05) is 33.0 Å². The molecule has 4 aliphatic rings. The number of amides is 2. The molecule has 0 aliphatic carbocycles. The summed E-state index contributed by atoms with van der Waals surface area (Å²) in [5.74, 6) is -1.31. The molecule has 14 N–H and O–H groups in total. The first-order valence-electron chi connectivity index (χ1n) is 17.6. The van der Waals surface area contributed by atoms with E-state index in [0.717, 1.165) is 6.92 Å². The maximum absolute atomic E-state index is 12.5. The molecule has 0 spiro atoms. The van der Waals surface area contributed by atoms with E-state index >= 15 is 0 Å². The minimum absolute atomic E-state index is 0.482. The Hall–Kier alpha value is -1.86. The smallest absolute Gasteiger partial charge is 0.217 e. The van der Waals surface area contributed by atoms with Crippen LogP contribution in [0.15, 0.2) is 0 Å². The Morgan fingerprint density at radius 3 is 1.60 bits per heavy atom. The van der Waals surface area contributed by atoms with Crippen molar-refractivity contribution in [2.45, 2.75) is 150 Å². The van der Waals surface area contributed by atoms with Gasteiger partial charge in [-0.1, -0.05) is 0 Å². The van der Waals surface area contributed by atoms with Crippen LogP contribution in [0.5, 0.6) is 0 Å². The lowest BCUT2D eigenvalue weighted by atomic mass is 9.93. The van der Waals surface area contributed by atoms with Crippen LogP contribution < -0.4 is 10.6 Å². The summed E-state index contributed by atoms with van der Waals surface area (Å²) in [4.78, 5) is 24.7. The van der Waals surface area contributed by atoms with Crippen molar-refractivity contribution in [1.29, 1.82) is 0 Å². The van der Waals surface area contributed by atoms with Crippen molar-refractivity contribution in [3.8, 4) is 0 Å². The third kappa shape index (κ3) is 10.6. The van der Waals surface area contributed by atoms with E-state index in [1.165, 1.54) is 13.8 Å². The van der Waals surface area contributed by atoms with E-state index in [4.69, 9.17) is 37.9 Å². The largest absolute Gasteiger partial charge is 0.394 e. The highest BCUT2D eigenvalue weighted by molar-refractivity contribution is 5.73. The second-order valence-electron chi connectivity index (χ2n) is 13.7. The van der Waals surface area contributed by atoms with Gasteiger partial charge in [-0.05, 0) is 6.92 Å². The molecule has 320 valence electrons. The Kier molecular flexibility index (Phi) is 16.8. The topological polar surface area (TPSA) is 375 Å². The molecule has 0 radical (unpaired) electrons. The van der Waals surface area contributed by atoms with Crippen LogP contribution in [0.1, 0.15) is 20.8 Å². The molecule has 4 aliphatic heterocycles. The second kappa shape index (κ2) is 20.2. The predicted molar refractivity (Wildman–Crippen MR) is 172 cm³/mol. The minimum Gasteiger partial charge on any atom is -0.394 e. The SMILES string of the molecule is CC(=O)N[C@H]1[C@@H](O[C@@H]2[C@@H](O)[C@H](OCC(O)CO)O[C@H](C)[C@H]2NC(C)=O)O[C@H](CO)[C@@H](O)[C@@H]1O[C@@H]1O[C@H](CO)[C@H](O[C@H]2O[C@H](CO)[C@@H](O)[C@H](O)[C@H]2O)[C@H](O)[C@H]1O. The van der Waals surface area contributed by atoms with E-state index in [1.807, 2.05) is 0 Å². The molecule has 24 heteroatoms. The Balaban J connectivity index is 1.59. The summed E-state index contributed by atoms with van der Waals surface area (Å²) >= 11 is 0. The molecule has 1 unspecified atom stereocenters. The van der Waals surface area contributed by atoms with Crippen LogP contribution in [0, 0.1) is 0 Å². The normalized spacial score (nSPS) is 45.8. The van der Waals surface area contributed by atoms with Gasteiger partial charge in [-0.3, -0.25) is 9.59 Å². The monoisotopic (exact) mass is 806 g/mol. The molecule has 55 heavy (non-hydrogen) atoms. The van der Waals surface area contributed by atoms with Gasteiger partial charge in [-0.15, -0.1) is 0 Å². The molecule has 0 aromatic carbocycles. The van der Waals surface area contributed by atoms with E-state index in [9.17, 15) is 70.9 Å². The Morgan fingerprint density at radius 1 is 0.564 bits per heavy atom. The van der Waals surface area contributed by atoms with Gasteiger partial charge in [0, 0.05) is 13.8 Å². The minimum atomic E-state index is -2.08. The highest BCUT2D eigenvalue weighted by atomic mass is 16.8. The quantitative estimate of drug-likeness (QED) is 0.0730. The van der Waals surface area contributed by atoms with Crippen molar-refractivity contribution in [3.63, 3.8) is 0 Å². The van der Waals surface area contributed by atoms with Gasteiger partial charge in [0.2, 0.25) is 11.8 Å². The lowest BCUT2D eigenvalue weighted by Gasteiger charge is -2.50. The van der Waals surface area contributed by atoms with Crippen molar-refractivity contribution >= 4 is 11.8 Å². The van der Waals surface area contributed by atoms with Crippen LogP contribution in [0.3, 0.4) is 0 Å². The third-order valence-electron chi connectivity index (χ3n) is 9.62. The fourth-order valence-electron chi connectivity index (χ4n) is 6.72. The fraction of sp³-hybridized carbons (Fsp3) is 0.935. The summed E-state index contributed by atoms with van der Waals surface area (Å²) in [6.45, 7) is -0.00418. The van der Waals surface area contributed by atoms with Crippen LogP contribution in [0.4, 0.5) is 0 Å². The molecule has 0 bridgehead atoms. The van der Waals surface area contributed by atoms with E-state index in [2.05, 4.69) is 10.6 Å². The van der Waals surface area contributed by atoms with Gasteiger partial charge in [0.15, 0.2) is 25.2 Å². The summed E-state index contributed by atoms with van der Waals surface area (Å²) in [5.41, 5.74) is 0. The van der Waals surface area contributed by atoms with Gasteiger partial charge >= 0.3 is 0 Å². The molecule has 24 nitrogen and oxygen atoms in total. The summed E-state index contributed by atoms with van der Waals surface area (Å²) in [6.07, 6.45) is -31.9. The number of ether oxygens (including phenoxy) is 8. The molecular weight excluding hydrogens is 752 g/mol. The summed E-state index contributed by atoms with van der Waals surface area (Å²) in [5, 5.41) is 129. The standard InChI is InChI=1S/C31H54N2O22/c1-9-16(32-10(2)38)26(24(47)29(49-9)48-8-12(40)4-34)54-28-17(33-11(3)39)27(19(42)14(6-36)50-28)55-31-23(46)21(44)25(15(7-37)52-31)53-30-22(45)20(43)18(41)13(5-35)51-30/h9,12-31,34-37,40-47H,4-8H2,1-3H3,(H,32,38)(H,33,39)/t9-,12?,13-,14-,15-,16-,17-,18-,19-,20+,21-,22-,23-,24-,25+,26+,27-,28-,29-,30-,31+/m1/s1. The summed E-state index contributed by atoms with van der Waals surface area (Å²) < 4.78 is 45.6. The average Bonchev–Trinajstić information content (AvgIpc) is 3.14. The van der Waals surface area contributed by atoms with Gasteiger partial charge in [-0.25, -0.2) is 0 Å². The van der Waals surface area contributed by atoms with Crippen molar-refractivity contribution in [3.05, 3.63) is 0 Å². The number of nitrogens with one attached hydrogen (secondary N) is 2. The van der Waals surface area contributed by atoms with Gasteiger partial charge in [0.1, 0.15) is 91.5 Å². The van der Waals surface area contributed by atoms with Gasteiger partial charge in [-0.2, -0.15) is 0 Å². The Labute approximate surface area is 314 Å². The van der Waals surface area contributed by atoms with E-state index < -0.39 is 174 Å². The molecule has 21 atom stereocenters. The maximum Gasteiger partial charge on any atom is 0.217 e. The molecule has 4 saturated heterocycles. The molecule has 4 fully saturated rings. The highest BCUT2D eigenvalue weighted by Crippen LogP contribution is 2.34. The molecule has 2 amide bonds. The number of carbonyl (C=O) groups excluding carboxylic acids is 2. The number of aliphatic hydroxyl groups is 12. The van der Waals surface area contributed by atoms with Gasteiger partial charge < -0.3 is 110 Å². The highest BCUT2D eigenvalue weighted by Gasteiger charge is 2.56. The Bertz CT molecular complexity index is 1220. The number of hydrogen-bond donors (Lipinski definition) is 14. The van der Waals surface area contributed by atoms with Crippen LogP contribution in [-0.2, 0) is 47.5 Å². The first-order valence-corrected chi connectivity index (χ1v) is 17.6.